The largest absolute Gasteiger partial charge is 0.507 e. The fourth-order valence-corrected chi connectivity index (χ4v) is 4.82. The fourth-order valence-electron chi connectivity index (χ4n) is 3.32. The first-order valence-electron chi connectivity index (χ1n) is 7.11. The number of hydrogen-bond acceptors (Lipinski definition) is 6. The van der Waals surface area contributed by atoms with Crippen LogP contribution in [0.3, 0.4) is 0 Å². The first-order valence-corrected chi connectivity index (χ1v) is 9.99. The SMILES string of the molecule is O=S(=O)(O)c1cc(S(=O)(=O)O)c2ccc3c(O)cc(O)c4ccc1c2c43. The molecule has 8 nitrogen and oxygen atoms in total. The van der Waals surface area contributed by atoms with Crippen LogP contribution in [0.1, 0.15) is 0 Å². The van der Waals surface area contributed by atoms with Crippen molar-refractivity contribution < 1.29 is 36.2 Å². The quantitative estimate of drug-likeness (QED) is 0.299. The molecule has 0 heterocycles. The molecule has 4 aromatic carbocycles. The fraction of sp³-hybridized carbons (Fsp3) is 0. The van der Waals surface area contributed by atoms with Crippen LogP contribution < -0.4 is 0 Å². The molecule has 10 heteroatoms. The molecule has 0 aromatic heterocycles. The van der Waals surface area contributed by atoms with Crippen molar-refractivity contribution in [1.29, 1.82) is 0 Å². The smallest absolute Gasteiger partial charge is 0.295 e. The van der Waals surface area contributed by atoms with Crippen LogP contribution in [0.5, 0.6) is 11.5 Å². The lowest BCUT2D eigenvalue weighted by molar-refractivity contribution is 0.458. The summed E-state index contributed by atoms with van der Waals surface area (Å²) in [5, 5.41) is 20.9. The normalized spacial score (nSPS) is 13.2. The van der Waals surface area contributed by atoms with Crippen LogP contribution in [0, 0.1) is 0 Å². The third-order valence-electron chi connectivity index (χ3n) is 4.33. The third kappa shape index (κ3) is 2.20. The minimum Gasteiger partial charge on any atom is -0.507 e. The summed E-state index contributed by atoms with van der Waals surface area (Å²) in [5.41, 5.74) is 0. The van der Waals surface area contributed by atoms with Gasteiger partial charge in [-0.25, -0.2) is 0 Å². The number of hydrogen-bond donors (Lipinski definition) is 4. The van der Waals surface area contributed by atoms with Crippen LogP contribution in [-0.4, -0.2) is 36.2 Å². The van der Waals surface area contributed by atoms with Gasteiger partial charge in [0.2, 0.25) is 0 Å². The molecule has 0 saturated carbocycles. The summed E-state index contributed by atoms with van der Waals surface area (Å²) in [5.74, 6) is -0.592. The highest BCUT2D eigenvalue weighted by Crippen LogP contribution is 2.45. The van der Waals surface area contributed by atoms with E-state index in [-0.39, 0.29) is 43.8 Å². The Morgan fingerprint density at radius 1 is 0.577 bits per heavy atom. The van der Waals surface area contributed by atoms with E-state index in [0.717, 1.165) is 6.07 Å². The van der Waals surface area contributed by atoms with E-state index in [1.807, 2.05) is 0 Å². The van der Waals surface area contributed by atoms with Crippen molar-refractivity contribution in [2.24, 2.45) is 0 Å². The van der Waals surface area contributed by atoms with E-state index in [1.165, 1.54) is 24.3 Å². The van der Waals surface area contributed by atoms with Gasteiger partial charge in [0, 0.05) is 38.4 Å². The molecule has 0 radical (unpaired) electrons. The van der Waals surface area contributed by atoms with Gasteiger partial charge in [0.1, 0.15) is 21.3 Å². The van der Waals surface area contributed by atoms with Crippen molar-refractivity contribution in [2.75, 3.05) is 0 Å². The van der Waals surface area contributed by atoms with E-state index in [2.05, 4.69) is 0 Å². The molecule has 0 atom stereocenters. The van der Waals surface area contributed by atoms with Crippen molar-refractivity contribution in [3.8, 4) is 11.5 Å². The van der Waals surface area contributed by atoms with Crippen LogP contribution in [0.25, 0.3) is 32.3 Å². The topological polar surface area (TPSA) is 149 Å². The zero-order valence-corrected chi connectivity index (χ0v) is 14.3. The Morgan fingerprint density at radius 3 is 1.31 bits per heavy atom. The predicted octanol–water partition coefficient (Wildman–Crippen LogP) is 2.49. The number of phenolic OH excluding ortho intramolecular Hbond substituents is 2. The lowest BCUT2D eigenvalue weighted by Gasteiger charge is -2.16. The second-order valence-corrected chi connectivity index (χ2v) is 8.59. The van der Waals surface area contributed by atoms with Gasteiger partial charge in [0.25, 0.3) is 20.2 Å². The molecule has 4 rings (SSSR count). The van der Waals surface area contributed by atoms with E-state index in [4.69, 9.17) is 0 Å². The lowest BCUT2D eigenvalue weighted by Crippen LogP contribution is -2.06. The molecule has 4 N–H and O–H groups in total. The van der Waals surface area contributed by atoms with Crippen LogP contribution in [0.4, 0.5) is 0 Å². The van der Waals surface area contributed by atoms with Crippen molar-refractivity contribution in [2.45, 2.75) is 9.79 Å². The minimum atomic E-state index is -4.83. The lowest BCUT2D eigenvalue weighted by atomic mass is 9.93. The predicted molar refractivity (Wildman–Crippen MR) is 93.1 cm³/mol. The summed E-state index contributed by atoms with van der Waals surface area (Å²) in [6.07, 6.45) is 0. The molecule has 0 spiro atoms. The summed E-state index contributed by atoms with van der Waals surface area (Å²) in [6.45, 7) is 0. The maximum Gasteiger partial charge on any atom is 0.295 e. The number of phenols is 2. The zero-order valence-electron chi connectivity index (χ0n) is 12.7. The maximum absolute atomic E-state index is 11.8. The molecule has 0 aliphatic rings. The highest BCUT2D eigenvalue weighted by atomic mass is 32.2. The van der Waals surface area contributed by atoms with Crippen molar-refractivity contribution in [3.63, 3.8) is 0 Å². The molecular formula is C16H10O8S2. The van der Waals surface area contributed by atoms with Crippen LogP contribution in [0.15, 0.2) is 46.2 Å². The molecule has 0 aliphatic heterocycles. The van der Waals surface area contributed by atoms with Gasteiger partial charge in [-0.15, -0.1) is 0 Å². The molecule has 0 saturated heterocycles. The Labute approximate surface area is 146 Å². The molecule has 26 heavy (non-hydrogen) atoms. The van der Waals surface area contributed by atoms with Gasteiger partial charge in [-0.05, 0) is 18.2 Å². The van der Waals surface area contributed by atoms with Crippen molar-refractivity contribution >= 4 is 52.6 Å². The molecule has 0 fully saturated rings. The van der Waals surface area contributed by atoms with E-state index < -0.39 is 30.0 Å². The van der Waals surface area contributed by atoms with Crippen LogP contribution in [-0.2, 0) is 20.2 Å². The number of aromatic hydroxyl groups is 2. The van der Waals surface area contributed by atoms with E-state index in [0.29, 0.717) is 6.07 Å². The number of rotatable bonds is 2. The highest BCUT2D eigenvalue weighted by molar-refractivity contribution is 7.87. The van der Waals surface area contributed by atoms with Gasteiger partial charge in [0.05, 0.1) is 0 Å². The standard InChI is InChI=1S/C16H10O8S2/c17-11-5-12(18)8-2-4-10-14(26(22,23)24)6-13(25(19,20)21)9-3-1-7(11)15(8)16(9)10/h1-6,17-18H,(H,19,20,21)(H,22,23,24). The van der Waals surface area contributed by atoms with Gasteiger partial charge in [-0.2, -0.15) is 16.8 Å². The Kier molecular flexibility index (Phi) is 3.20. The Hall–Kier alpha value is -2.66. The molecule has 0 amide bonds. The molecule has 134 valence electrons. The van der Waals surface area contributed by atoms with Gasteiger partial charge in [-0.1, -0.05) is 12.1 Å². The summed E-state index contributed by atoms with van der Waals surface area (Å²) >= 11 is 0. The number of benzene rings is 4. The monoisotopic (exact) mass is 394 g/mol. The molecule has 0 aliphatic carbocycles. The second-order valence-electron chi connectivity index (χ2n) is 5.81. The summed E-state index contributed by atoms with van der Waals surface area (Å²) in [4.78, 5) is -1.43. The maximum atomic E-state index is 11.8. The average Bonchev–Trinajstić information content (AvgIpc) is 2.52. The molecule has 0 unspecified atom stereocenters. The zero-order chi connectivity index (χ0) is 19.0. The van der Waals surface area contributed by atoms with Crippen molar-refractivity contribution in [3.05, 3.63) is 36.4 Å². The van der Waals surface area contributed by atoms with E-state index in [9.17, 15) is 36.2 Å². The minimum absolute atomic E-state index is 0.0157. The van der Waals surface area contributed by atoms with E-state index >= 15 is 0 Å². The van der Waals surface area contributed by atoms with Gasteiger partial charge < -0.3 is 10.2 Å². The van der Waals surface area contributed by atoms with Crippen LogP contribution in [0.2, 0.25) is 0 Å². The van der Waals surface area contributed by atoms with Gasteiger partial charge in [0.15, 0.2) is 0 Å². The highest BCUT2D eigenvalue weighted by Gasteiger charge is 2.26. The third-order valence-corrected chi connectivity index (χ3v) is 6.12. The summed E-state index contributed by atoms with van der Waals surface area (Å²) in [6, 6.07) is 7.16. The average molecular weight is 394 g/mol. The molecular weight excluding hydrogens is 384 g/mol. The summed E-state index contributed by atoms with van der Waals surface area (Å²) in [7, 11) is -9.66. The van der Waals surface area contributed by atoms with Gasteiger partial charge >= 0.3 is 0 Å². The Balaban J connectivity index is 2.46. The summed E-state index contributed by atoms with van der Waals surface area (Å²) < 4.78 is 66.1. The van der Waals surface area contributed by atoms with Gasteiger partial charge in [-0.3, -0.25) is 9.11 Å². The first-order chi connectivity index (χ1) is 12.0. The van der Waals surface area contributed by atoms with Crippen LogP contribution >= 0.6 is 0 Å². The second kappa shape index (κ2) is 4.95. The Morgan fingerprint density at radius 2 is 0.923 bits per heavy atom. The first kappa shape index (κ1) is 16.8. The molecule has 0 bridgehead atoms. The Bertz CT molecular complexity index is 1330. The van der Waals surface area contributed by atoms with Crippen molar-refractivity contribution in [1.82, 2.24) is 0 Å². The van der Waals surface area contributed by atoms with E-state index in [1.54, 1.807) is 0 Å². The molecule has 4 aromatic rings.